The van der Waals surface area contributed by atoms with Crippen LogP contribution in [0.25, 0.3) is 5.69 Å². The molecule has 0 bridgehead atoms. The number of rotatable bonds is 10. The Morgan fingerprint density at radius 2 is 1.72 bits per heavy atom. The largest absolute Gasteiger partial charge is 0.354 e. The first-order valence-corrected chi connectivity index (χ1v) is 15.1. The minimum absolute atomic E-state index is 0.124. The summed E-state index contributed by atoms with van der Waals surface area (Å²) in [6.45, 7) is 13.4. The minimum atomic E-state index is -0.273. The molecule has 0 unspecified atom stereocenters. The van der Waals surface area contributed by atoms with E-state index in [-0.39, 0.29) is 11.8 Å². The number of urea groups is 1. The molecule has 1 aliphatic heterocycles. The first-order chi connectivity index (χ1) is 18.8. The van der Waals surface area contributed by atoms with Gasteiger partial charge in [-0.25, -0.2) is 13.9 Å². The van der Waals surface area contributed by atoms with Gasteiger partial charge in [-0.3, -0.25) is 4.90 Å². The van der Waals surface area contributed by atoms with Crippen molar-refractivity contribution in [3.05, 3.63) is 65.6 Å². The predicted molar refractivity (Wildman–Crippen MR) is 160 cm³/mol. The summed E-state index contributed by atoms with van der Waals surface area (Å²) >= 11 is 1.67. The van der Waals surface area contributed by atoms with Crippen molar-refractivity contribution in [2.45, 2.75) is 58.0 Å². The first kappa shape index (κ1) is 29.0. The van der Waals surface area contributed by atoms with Crippen molar-refractivity contribution >= 4 is 29.3 Å². The van der Waals surface area contributed by atoms with E-state index < -0.39 is 0 Å². The SMILES string of the molecule is CCCN(Cc1c(CC)nn(-c2ccc(F)cc2)c1N1CCN(C(C)C)CC1)C(=O)Nc1ccc(SC)cc1. The molecule has 210 valence electrons. The van der Waals surface area contributed by atoms with Crippen LogP contribution < -0.4 is 10.2 Å². The molecule has 1 N–H and O–H groups in total. The summed E-state index contributed by atoms with van der Waals surface area (Å²) in [7, 11) is 0. The number of carbonyl (C=O) groups is 1. The fourth-order valence-electron chi connectivity index (χ4n) is 5.06. The van der Waals surface area contributed by atoms with E-state index in [1.165, 1.54) is 12.1 Å². The number of amides is 2. The van der Waals surface area contributed by atoms with Crippen LogP contribution in [0.15, 0.2) is 53.4 Å². The highest BCUT2D eigenvalue weighted by atomic mass is 32.2. The Kier molecular flexibility index (Phi) is 9.91. The van der Waals surface area contributed by atoms with Crippen LogP contribution in [-0.4, -0.2) is 70.6 Å². The number of hydrogen-bond donors (Lipinski definition) is 1. The molecular weight excluding hydrogens is 511 g/mol. The molecule has 4 rings (SSSR count). The topological polar surface area (TPSA) is 56.6 Å². The lowest BCUT2D eigenvalue weighted by Crippen LogP contribution is -2.49. The van der Waals surface area contributed by atoms with E-state index in [1.807, 2.05) is 40.1 Å². The molecule has 7 nitrogen and oxygen atoms in total. The van der Waals surface area contributed by atoms with Crippen molar-refractivity contribution < 1.29 is 9.18 Å². The fraction of sp³-hybridized carbons (Fsp3) is 0.467. The van der Waals surface area contributed by atoms with Gasteiger partial charge < -0.3 is 15.1 Å². The van der Waals surface area contributed by atoms with Gasteiger partial charge in [0.2, 0.25) is 0 Å². The van der Waals surface area contributed by atoms with Crippen molar-refractivity contribution in [3.63, 3.8) is 0 Å². The highest BCUT2D eigenvalue weighted by Gasteiger charge is 2.29. The summed E-state index contributed by atoms with van der Waals surface area (Å²) in [5, 5.41) is 8.10. The monoisotopic (exact) mass is 552 g/mol. The zero-order chi connectivity index (χ0) is 27.9. The predicted octanol–water partition coefficient (Wildman–Crippen LogP) is 6.27. The Bertz CT molecular complexity index is 1220. The lowest BCUT2D eigenvalue weighted by atomic mass is 10.1. The number of hydrogen-bond acceptors (Lipinski definition) is 5. The molecule has 39 heavy (non-hydrogen) atoms. The average Bonchev–Trinajstić information content (AvgIpc) is 3.31. The molecule has 0 atom stereocenters. The second kappa shape index (κ2) is 13.3. The molecule has 0 saturated carbocycles. The molecule has 2 aromatic carbocycles. The Balaban J connectivity index is 1.68. The number of halogens is 1. The lowest BCUT2D eigenvalue weighted by Gasteiger charge is -2.38. The van der Waals surface area contributed by atoms with Gasteiger partial charge in [-0.2, -0.15) is 5.10 Å². The highest BCUT2D eigenvalue weighted by Crippen LogP contribution is 2.31. The Morgan fingerprint density at radius 3 is 2.28 bits per heavy atom. The van der Waals surface area contributed by atoms with Crippen LogP contribution in [-0.2, 0) is 13.0 Å². The standard InChI is InChI=1S/C30H41FN6OS/c1-6-16-36(30(38)32-24-10-14-26(39-5)15-11-24)21-27-28(7-2)33-37(25-12-8-23(31)9-13-25)29(27)35-19-17-34(18-20-35)22(3)4/h8-15,22H,6-7,16-21H2,1-5H3,(H,32,38). The van der Waals surface area contributed by atoms with E-state index in [0.29, 0.717) is 19.1 Å². The number of anilines is 2. The quantitative estimate of drug-likeness (QED) is 0.301. The van der Waals surface area contributed by atoms with E-state index in [2.05, 4.69) is 42.8 Å². The van der Waals surface area contributed by atoms with Gasteiger partial charge in [-0.1, -0.05) is 13.8 Å². The summed E-state index contributed by atoms with van der Waals surface area (Å²) < 4.78 is 15.7. The molecule has 0 spiro atoms. The van der Waals surface area contributed by atoms with Gasteiger partial charge in [0.15, 0.2) is 0 Å². The molecular formula is C30H41FN6OS. The summed E-state index contributed by atoms with van der Waals surface area (Å²) in [5.74, 6) is 0.727. The third-order valence-corrected chi connectivity index (χ3v) is 8.00. The third-order valence-electron chi connectivity index (χ3n) is 7.26. The zero-order valence-electron chi connectivity index (χ0n) is 23.8. The first-order valence-electron chi connectivity index (χ1n) is 13.9. The molecule has 1 aromatic heterocycles. The van der Waals surface area contributed by atoms with Crippen molar-refractivity contribution in [3.8, 4) is 5.69 Å². The van der Waals surface area contributed by atoms with Gasteiger partial charge in [0.1, 0.15) is 11.6 Å². The molecule has 3 aromatic rings. The Morgan fingerprint density at radius 1 is 1.05 bits per heavy atom. The van der Waals surface area contributed by atoms with Crippen LogP contribution >= 0.6 is 11.8 Å². The summed E-state index contributed by atoms with van der Waals surface area (Å²) in [5.41, 5.74) is 3.61. The second-order valence-corrected chi connectivity index (χ2v) is 11.1. The molecule has 1 saturated heterocycles. The molecule has 0 radical (unpaired) electrons. The van der Waals surface area contributed by atoms with E-state index in [1.54, 1.807) is 23.9 Å². The van der Waals surface area contributed by atoms with Gasteiger partial charge >= 0.3 is 6.03 Å². The van der Waals surface area contributed by atoms with Gasteiger partial charge in [0.05, 0.1) is 17.9 Å². The van der Waals surface area contributed by atoms with Crippen LogP contribution in [0, 0.1) is 5.82 Å². The van der Waals surface area contributed by atoms with Gasteiger partial charge in [0, 0.05) is 54.9 Å². The summed E-state index contributed by atoms with van der Waals surface area (Å²) in [4.78, 5) is 21.4. The zero-order valence-corrected chi connectivity index (χ0v) is 24.6. The van der Waals surface area contributed by atoms with E-state index in [0.717, 1.165) is 72.4 Å². The number of benzene rings is 2. The van der Waals surface area contributed by atoms with Crippen LogP contribution in [0.4, 0.5) is 20.7 Å². The van der Waals surface area contributed by atoms with Gasteiger partial charge in [-0.15, -0.1) is 11.8 Å². The second-order valence-electron chi connectivity index (χ2n) is 10.2. The highest BCUT2D eigenvalue weighted by molar-refractivity contribution is 7.98. The van der Waals surface area contributed by atoms with Crippen LogP contribution in [0.1, 0.15) is 45.4 Å². The lowest BCUT2D eigenvalue weighted by molar-refractivity contribution is 0.206. The minimum Gasteiger partial charge on any atom is -0.354 e. The normalized spacial score (nSPS) is 14.2. The number of nitrogens with one attached hydrogen (secondary N) is 1. The number of carbonyl (C=O) groups excluding carboxylic acids is 1. The fourth-order valence-corrected chi connectivity index (χ4v) is 5.47. The van der Waals surface area contributed by atoms with E-state index >= 15 is 0 Å². The number of aryl methyl sites for hydroxylation is 1. The maximum absolute atomic E-state index is 13.8. The number of piperazine rings is 1. The molecule has 9 heteroatoms. The molecule has 2 amide bonds. The van der Waals surface area contributed by atoms with E-state index in [4.69, 9.17) is 5.10 Å². The molecule has 1 fully saturated rings. The van der Waals surface area contributed by atoms with Crippen LogP contribution in [0.2, 0.25) is 0 Å². The van der Waals surface area contributed by atoms with Crippen molar-refractivity contribution in [2.24, 2.45) is 0 Å². The molecule has 0 aliphatic carbocycles. The van der Waals surface area contributed by atoms with Gasteiger partial charge in [-0.05, 0) is 81.5 Å². The van der Waals surface area contributed by atoms with E-state index in [9.17, 15) is 9.18 Å². The van der Waals surface area contributed by atoms with Crippen LogP contribution in [0.5, 0.6) is 0 Å². The Labute approximate surface area is 236 Å². The van der Waals surface area contributed by atoms with Crippen molar-refractivity contribution in [2.75, 3.05) is 49.2 Å². The number of thioether (sulfide) groups is 1. The number of aromatic nitrogens is 2. The average molecular weight is 553 g/mol. The molecule has 1 aliphatic rings. The maximum Gasteiger partial charge on any atom is 0.322 e. The van der Waals surface area contributed by atoms with Crippen LogP contribution in [0.3, 0.4) is 0 Å². The van der Waals surface area contributed by atoms with Crippen molar-refractivity contribution in [1.82, 2.24) is 19.6 Å². The number of nitrogens with zero attached hydrogens (tertiary/aromatic N) is 5. The smallest absolute Gasteiger partial charge is 0.322 e. The summed E-state index contributed by atoms with van der Waals surface area (Å²) in [6.07, 6.45) is 3.61. The van der Waals surface area contributed by atoms with Gasteiger partial charge in [0.25, 0.3) is 0 Å². The third kappa shape index (κ3) is 6.94. The van der Waals surface area contributed by atoms with Crippen molar-refractivity contribution in [1.29, 1.82) is 0 Å². The summed E-state index contributed by atoms with van der Waals surface area (Å²) in [6, 6.07) is 14.8. The maximum atomic E-state index is 13.8. The Hall–Kier alpha value is -3.04. The molecule has 2 heterocycles.